The van der Waals surface area contributed by atoms with Gasteiger partial charge >= 0.3 is 0 Å². The van der Waals surface area contributed by atoms with Crippen LogP contribution in [-0.4, -0.2) is 39.4 Å². The van der Waals surface area contributed by atoms with Crippen LogP contribution in [0.1, 0.15) is 46.3 Å². The summed E-state index contributed by atoms with van der Waals surface area (Å²) >= 11 is 6.03. The Labute approximate surface area is 184 Å². The summed E-state index contributed by atoms with van der Waals surface area (Å²) in [6.45, 7) is 2.48. The Balaban J connectivity index is 1.62. The van der Waals surface area contributed by atoms with Crippen molar-refractivity contribution in [1.82, 2.24) is 25.6 Å². The summed E-state index contributed by atoms with van der Waals surface area (Å²) in [7, 11) is 0. The number of carbonyl (C=O) groups is 2. The maximum Gasteiger partial charge on any atom is 0.274 e. The van der Waals surface area contributed by atoms with Crippen LogP contribution in [0.2, 0.25) is 5.02 Å². The van der Waals surface area contributed by atoms with Gasteiger partial charge in [0.1, 0.15) is 18.1 Å². The molecule has 2 aromatic carbocycles. The van der Waals surface area contributed by atoms with Crippen LogP contribution in [0, 0.1) is 0 Å². The number of nitrogens with one attached hydrogen (secondary N) is 2. The lowest BCUT2D eigenvalue weighted by Crippen LogP contribution is -2.27. The lowest BCUT2D eigenvalue weighted by atomic mass is 10.2. The van der Waals surface area contributed by atoms with E-state index in [2.05, 4.69) is 20.9 Å². The number of ether oxygens (including phenoxy) is 1. The van der Waals surface area contributed by atoms with Gasteiger partial charge in [-0.3, -0.25) is 9.59 Å². The molecule has 0 aliphatic heterocycles. The highest BCUT2D eigenvalue weighted by molar-refractivity contribution is 6.30. The Bertz CT molecular complexity index is 1090. The summed E-state index contributed by atoms with van der Waals surface area (Å²) in [5, 5.41) is 14.5. The molecule has 2 amide bonds. The van der Waals surface area contributed by atoms with Crippen molar-refractivity contribution in [3.63, 3.8) is 0 Å². The summed E-state index contributed by atoms with van der Waals surface area (Å²) in [5.41, 5.74) is 1.91. The van der Waals surface area contributed by atoms with Gasteiger partial charge < -0.3 is 15.4 Å². The molecule has 1 aromatic heterocycles. The highest BCUT2D eigenvalue weighted by Crippen LogP contribution is 2.22. The molecule has 0 radical (unpaired) electrons. The molecule has 1 aliphatic carbocycles. The average molecular weight is 440 g/mol. The Morgan fingerprint density at radius 2 is 1.94 bits per heavy atom. The number of halogens is 1. The Morgan fingerprint density at radius 1 is 1.16 bits per heavy atom. The lowest BCUT2D eigenvalue weighted by molar-refractivity contribution is 0.0939. The molecule has 1 aliphatic rings. The van der Waals surface area contributed by atoms with Crippen molar-refractivity contribution in [3.8, 4) is 11.4 Å². The number of hydrogen-bond donors (Lipinski definition) is 2. The van der Waals surface area contributed by atoms with Crippen molar-refractivity contribution in [2.24, 2.45) is 0 Å². The fraction of sp³-hybridized carbons (Fsp3) is 0.273. The van der Waals surface area contributed by atoms with Crippen molar-refractivity contribution in [2.75, 3.05) is 6.54 Å². The molecule has 2 N–H and O–H groups in total. The van der Waals surface area contributed by atoms with Crippen LogP contribution >= 0.6 is 11.6 Å². The van der Waals surface area contributed by atoms with E-state index in [4.69, 9.17) is 16.3 Å². The molecular formula is C22H22ClN5O3. The summed E-state index contributed by atoms with van der Waals surface area (Å²) in [6, 6.07) is 14.1. The van der Waals surface area contributed by atoms with Crippen LogP contribution in [0.5, 0.6) is 5.75 Å². The quantitative estimate of drug-likeness (QED) is 0.562. The van der Waals surface area contributed by atoms with E-state index >= 15 is 0 Å². The smallest absolute Gasteiger partial charge is 0.274 e. The molecular weight excluding hydrogens is 418 g/mol. The Morgan fingerprint density at radius 3 is 2.61 bits per heavy atom. The second-order valence-electron chi connectivity index (χ2n) is 7.20. The molecule has 31 heavy (non-hydrogen) atoms. The number of amides is 2. The van der Waals surface area contributed by atoms with Gasteiger partial charge in [-0.05, 0) is 62.2 Å². The Kier molecular flexibility index (Phi) is 6.18. The van der Waals surface area contributed by atoms with Crippen molar-refractivity contribution in [2.45, 2.75) is 32.4 Å². The minimum atomic E-state index is -0.280. The molecule has 1 saturated carbocycles. The van der Waals surface area contributed by atoms with E-state index in [0.717, 1.165) is 12.8 Å². The average Bonchev–Trinajstić information content (AvgIpc) is 3.48. The number of carbonyl (C=O) groups excluding carboxylic acids is 2. The van der Waals surface area contributed by atoms with Crippen molar-refractivity contribution in [3.05, 3.63) is 70.5 Å². The molecule has 4 rings (SSSR count). The first-order valence-corrected chi connectivity index (χ1v) is 10.5. The minimum absolute atomic E-state index is 0.0683. The van der Waals surface area contributed by atoms with Crippen molar-refractivity contribution >= 4 is 23.4 Å². The molecule has 1 fully saturated rings. The summed E-state index contributed by atoms with van der Waals surface area (Å²) in [5.74, 6) is 0.138. The number of rotatable bonds is 8. The number of hydrogen-bond acceptors (Lipinski definition) is 5. The normalized spacial score (nSPS) is 13.0. The standard InChI is InChI=1S/C22H22ClN5O3/c1-2-24-21(29)14-6-10-17(11-7-14)28-19(13-31-18-5-3-4-15(23)12-18)20(26-27-28)22(30)25-16-8-9-16/h3-7,10-12,16H,2,8-9,13H2,1H3,(H,24,29)(H,25,30). The van der Waals surface area contributed by atoms with Gasteiger partial charge in [-0.15, -0.1) is 5.10 Å². The van der Waals surface area contributed by atoms with Gasteiger partial charge in [0, 0.05) is 23.2 Å². The van der Waals surface area contributed by atoms with Crippen LogP contribution in [0.4, 0.5) is 0 Å². The number of nitrogens with zero attached hydrogens (tertiary/aromatic N) is 3. The van der Waals surface area contributed by atoms with Gasteiger partial charge in [-0.1, -0.05) is 22.9 Å². The molecule has 0 unspecified atom stereocenters. The van der Waals surface area contributed by atoms with E-state index in [1.54, 1.807) is 53.2 Å². The maximum atomic E-state index is 12.7. The van der Waals surface area contributed by atoms with Gasteiger partial charge in [0.25, 0.3) is 11.8 Å². The predicted octanol–water partition coefficient (Wildman–Crippen LogP) is 3.14. The zero-order valence-electron chi connectivity index (χ0n) is 17.0. The predicted molar refractivity (Wildman–Crippen MR) is 116 cm³/mol. The minimum Gasteiger partial charge on any atom is -0.487 e. The first kappa shape index (κ1) is 20.9. The number of benzene rings is 2. The van der Waals surface area contributed by atoms with E-state index in [1.165, 1.54) is 0 Å². The monoisotopic (exact) mass is 439 g/mol. The second-order valence-corrected chi connectivity index (χ2v) is 7.63. The fourth-order valence-corrected chi connectivity index (χ4v) is 3.20. The zero-order valence-corrected chi connectivity index (χ0v) is 17.7. The largest absolute Gasteiger partial charge is 0.487 e. The summed E-state index contributed by atoms with van der Waals surface area (Å²) in [4.78, 5) is 24.7. The highest BCUT2D eigenvalue weighted by atomic mass is 35.5. The van der Waals surface area contributed by atoms with E-state index in [0.29, 0.717) is 34.3 Å². The molecule has 0 saturated heterocycles. The van der Waals surface area contributed by atoms with E-state index in [-0.39, 0.29) is 30.2 Å². The van der Waals surface area contributed by atoms with Crippen molar-refractivity contribution < 1.29 is 14.3 Å². The van der Waals surface area contributed by atoms with E-state index in [9.17, 15) is 9.59 Å². The third-order valence-electron chi connectivity index (χ3n) is 4.77. The van der Waals surface area contributed by atoms with Crippen LogP contribution < -0.4 is 15.4 Å². The molecule has 9 heteroatoms. The van der Waals surface area contributed by atoms with Crippen LogP contribution in [-0.2, 0) is 6.61 Å². The summed E-state index contributed by atoms with van der Waals surface area (Å²) in [6.07, 6.45) is 1.94. The second kappa shape index (κ2) is 9.18. The van der Waals surface area contributed by atoms with Crippen LogP contribution in [0.15, 0.2) is 48.5 Å². The van der Waals surface area contributed by atoms with Gasteiger partial charge in [-0.2, -0.15) is 0 Å². The van der Waals surface area contributed by atoms with Gasteiger partial charge in [-0.25, -0.2) is 4.68 Å². The third kappa shape index (κ3) is 5.03. The van der Waals surface area contributed by atoms with E-state index in [1.807, 2.05) is 6.92 Å². The van der Waals surface area contributed by atoms with Gasteiger partial charge in [0.15, 0.2) is 5.69 Å². The zero-order chi connectivity index (χ0) is 21.8. The molecule has 160 valence electrons. The molecule has 0 atom stereocenters. The molecule has 3 aromatic rings. The molecule has 8 nitrogen and oxygen atoms in total. The highest BCUT2D eigenvalue weighted by Gasteiger charge is 2.28. The Hall–Kier alpha value is -3.39. The van der Waals surface area contributed by atoms with Gasteiger partial charge in [0.05, 0.1) is 5.69 Å². The fourth-order valence-electron chi connectivity index (χ4n) is 3.02. The molecule has 0 bridgehead atoms. The molecule has 1 heterocycles. The lowest BCUT2D eigenvalue weighted by Gasteiger charge is -2.11. The first-order valence-electron chi connectivity index (χ1n) is 10.1. The van der Waals surface area contributed by atoms with Crippen LogP contribution in [0.25, 0.3) is 5.69 Å². The first-order chi connectivity index (χ1) is 15.0. The van der Waals surface area contributed by atoms with Gasteiger partial charge in [0.2, 0.25) is 0 Å². The molecule has 0 spiro atoms. The number of aromatic nitrogens is 3. The van der Waals surface area contributed by atoms with Crippen LogP contribution in [0.3, 0.4) is 0 Å². The summed E-state index contributed by atoms with van der Waals surface area (Å²) < 4.78 is 7.42. The topological polar surface area (TPSA) is 98.1 Å². The third-order valence-corrected chi connectivity index (χ3v) is 5.01. The SMILES string of the molecule is CCNC(=O)c1ccc(-n2nnc(C(=O)NC3CC3)c2COc2cccc(Cl)c2)cc1. The maximum absolute atomic E-state index is 12.7. The van der Waals surface area contributed by atoms with E-state index < -0.39 is 0 Å². The van der Waals surface area contributed by atoms with Crippen molar-refractivity contribution in [1.29, 1.82) is 0 Å².